The normalized spacial score (nSPS) is 16.1. The van der Waals surface area contributed by atoms with Gasteiger partial charge in [-0.2, -0.15) is 0 Å². The SMILES string of the molecule is O=C(O)[C@H](CCC(=O)N1CCN(C(=O)CCOc2ccccc2)CC1)N1C(=O)c2ccccc2C1=O. The molecule has 0 radical (unpaired) electrons. The molecule has 2 aromatic carbocycles. The van der Waals surface area contributed by atoms with Crippen LogP contribution in [0.25, 0.3) is 0 Å². The largest absolute Gasteiger partial charge is 0.493 e. The van der Waals surface area contributed by atoms with Gasteiger partial charge in [0.25, 0.3) is 11.8 Å². The van der Waals surface area contributed by atoms with Crippen molar-refractivity contribution >= 4 is 29.6 Å². The first-order valence-corrected chi connectivity index (χ1v) is 11.8. The highest BCUT2D eigenvalue weighted by molar-refractivity contribution is 6.22. The maximum atomic E-state index is 12.7. The number of para-hydroxylation sites is 1. The molecule has 188 valence electrons. The zero-order valence-corrected chi connectivity index (χ0v) is 19.7. The van der Waals surface area contributed by atoms with E-state index >= 15 is 0 Å². The van der Waals surface area contributed by atoms with Gasteiger partial charge >= 0.3 is 5.97 Å². The van der Waals surface area contributed by atoms with Crippen LogP contribution in [0.1, 0.15) is 40.0 Å². The molecule has 1 atom stereocenters. The predicted octanol–water partition coefficient (Wildman–Crippen LogP) is 1.66. The number of ether oxygens (including phenoxy) is 1. The van der Waals surface area contributed by atoms with Crippen LogP contribution in [0.3, 0.4) is 0 Å². The number of benzene rings is 2. The highest BCUT2D eigenvalue weighted by atomic mass is 16.5. The maximum Gasteiger partial charge on any atom is 0.326 e. The van der Waals surface area contributed by atoms with Gasteiger partial charge in [0.05, 0.1) is 24.2 Å². The highest BCUT2D eigenvalue weighted by Gasteiger charge is 2.42. The molecule has 2 aliphatic heterocycles. The molecular formula is C26H27N3O7. The molecular weight excluding hydrogens is 466 g/mol. The molecule has 0 saturated carbocycles. The molecule has 1 saturated heterocycles. The summed E-state index contributed by atoms with van der Waals surface area (Å²) in [4.78, 5) is 66.4. The van der Waals surface area contributed by atoms with Crippen molar-refractivity contribution in [3.63, 3.8) is 0 Å². The number of carbonyl (C=O) groups is 5. The van der Waals surface area contributed by atoms with Gasteiger partial charge in [-0.1, -0.05) is 30.3 Å². The summed E-state index contributed by atoms with van der Waals surface area (Å²) in [6.07, 6.45) is -0.0950. The van der Waals surface area contributed by atoms with Crippen molar-refractivity contribution in [2.75, 3.05) is 32.8 Å². The third-order valence-corrected chi connectivity index (χ3v) is 6.37. The number of rotatable bonds is 9. The molecule has 0 aliphatic carbocycles. The van der Waals surface area contributed by atoms with E-state index in [1.54, 1.807) is 21.9 Å². The van der Waals surface area contributed by atoms with Crippen LogP contribution in [0.2, 0.25) is 0 Å². The van der Waals surface area contributed by atoms with Crippen LogP contribution in [0.15, 0.2) is 54.6 Å². The first-order chi connectivity index (χ1) is 17.4. The van der Waals surface area contributed by atoms with Crippen LogP contribution in [0.4, 0.5) is 0 Å². The molecule has 1 N–H and O–H groups in total. The number of hydrogen-bond donors (Lipinski definition) is 1. The summed E-state index contributed by atoms with van der Waals surface area (Å²) in [5, 5.41) is 9.69. The number of aliphatic carboxylic acids is 1. The summed E-state index contributed by atoms with van der Waals surface area (Å²) in [7, 11) is 0. The predicted molar refractivity (Wildman–Crippen MR) is 127 cm³/mol. The van der Waals surface area contributed by atoms with E-state index in [0.29, 0.717) is 31.9 Å². The van der Waals surface area contributed by atoms with Crippen LogP contribution in [-0.4, -0.2) is 88.2 Å². The molecule has 2 heterocycles. The minimum atomic E-state index is -1.44. The zero-order valence-electron chi connectivity index (χ0n) is 19.7. The molecule has 10 heteroatoms. The number of nitrogens with zero attached hydrogens (tertiary/aromatic N) is 3. The van der Waals surface area contributed by atoms with Crippen LogP contribution >= 0.6 is 0 Å². The van der Waals surface area contributed by atoms with Crippen molar-refractivity contribution in [2.45, 2.75) is 25.3 Å². The van der Waals surface area contributed by atoms with E-state index in [1.807, 2.05) is 30.3 Å². The number of fused-ring (bicyclic) bond motifs is 1. The first kappa shape index (κ1) is 24.9. The zero-order chi connectivity index (χ0) is 25.7. The number of imide groups is 1. The van der Waals surface area contributed by atoms with Gasteiger partial charge in [-0.15, -0.1) is 0 Å². The fraction of sp³-hybridized carbons (Fsp3) is 0.346. The molecule has 4 rings (SSSR count). The van der Waals surface area contributed by atoms with Gasteiger partial charge < -0.3 is 19.6 Å². The lowest BCUT2D eigenvalue weighted by Gasteiger charge is -2.35. The third-order valence-electron chi connectivity index (χ3n) is 6.37. The van der Waals surface area contributed by atoms with E-state index in [-0.39, 0.29) is 48.8 Å². The molecule has 36 heavy (non-hydrogen) atoms. The average Bonchev–Trinajstić information content (AvgIpc) is 3.14. The molecule has 1 fully saturated rings. The van der Waals surface area contributed by atoms with Gasteiger partial charge in [0.15, 0.2) is 0 Å². The second-order valence-electron chi connectivity index (χ2n) is 8.59. The minimum absolute atomic E-state index is 0.0606. The van der Waals surface area contributed by atoms with Crippen LogP contribution < -0.4 is 4.74 Å². The number of carboxylic acids is 1. The summed E-state index contributed by atoms with van der Waals surface area (Å²) >= 11 is 0. The van der Waals surface area contributed by atoms with Gasteiger partial charge in [0.1, 0.15) is 11.8 Å². The Kier molecular flexibility index (Phi) is 7.62. The molecule has 2 aromatic rings. The fourth-order valence-electron chi connectivity index (χ4n) is 4.41. The summed E-state index contributed by atoms with van der Waals surface area (Å²) in [6.45, 7) is 1.66. The molecule has 0 aromatic heterocycles. The van der Waals surface area contributed by atoms with Crippen molar-refractivity contribution in [1.29, 1.82) is 0 Å². The maximum absolute atomic E-state index is 12.7. The average molecular weight is 494 g/mol. The van der Waals surface area contributed by atoms with Crippen molar-refractivity contribution in [3.05, 3.63) is 65.7 Å². The molecule has 0 bridgehead atoms. The van der Waals surface area contributed by atoms with Gasteiger partial charge in [0.2, 0.25) is 11.8 Å². The number of hydrogen-bond acceptors (Lipinski definition) is 6. The van der Waals surface area contributed by atoms with Gasteiger partial charge in [0, 0.05) is 32.6 Å². The Morgan fingerprint density at radius 1 is 0.778 bits per heavy atom. The van der Waals surface area contributed by atoms with Crippen molar-refractivity contribution in [1.82, 2.24) is 14.7 Å². The first-order valence-electron chi connectivity index (χ1n) is 11.8. The number of carbonyl (C=O) groups excluding carboxylic acids is 4. The summed E-state index contributed by atoms with van der Waals surface area (Å²) in [5.41, 5.74) is 0.324. The second kappa shape index (κ2) is 11.0. The van der Waals surface area contributed by atoms with E-state index in [0.717, 1.165) is 4.90 Å². The van der Waals surface area contributed by atoms with Gasteiger partial charge in [-0.25, -0.2) is 4.79 Å². The quantitative estimate of drug-likeness (QED) is 0.527. The fourth-order valence-corrected chi connectivity index (χ4v) is 4.41. The number of carboxylic acid groups (broad SMARTS) is 1. The molecule has 10 nitrogen and oxygen atoms in total. The molecule has 2 aliphatic rings. The van der Waals surface area contributed by atoms with E-state index < -0.39 is 23.8 Å². The van der Waals surface area contributed by atoms with Crippen LogP contribution in [-0.2, 0) is 14.4 Å². The summed E-state index contributed by atoms with van der Waals surface area (Å²) in [6, 6.07) is 14.0. The summed E-state index contributed by atoms with van der Waals surface area (Å²) < 4.78 is 5.57. The Morgan fingerprint density at radius 2 is 1.28 bits per heavy atom. The topological polar surface area (TPSA) is 125 Å². The van der Waals surface area contributed by atoms with Crippen LogP contribution in [0, 0.1) is 0 Å². The highest BCUT2D eigenvalue weighted by Crippen LogP contribution is 2.26. The standard InChI is InChI=1S/C26H27N3O7/c30-22(11-10-21(26(34)35)29-24(32)19-8-4-5-9-20(19)25(29)33)27-13-15-28(16-14-27)23(31)12-17-36-18-6-2-1-3-7-18/h1-9,21H,10-17H2,(H,34,35)/t21-/m0/s1. The Bertz CT molecular complexity index is 1120. The van der Waals surface area contributed by atoms with Crippen molar-refractivity contribution in [2.24, 2.45) is 0 Å². The summed E-state index contributed by atoms with van der Waals surface area (Å²) in [5.74, 6) is -2.32. The minimum Gasteiger partial charge on any atom is -0.493 e. The van der Waals surface area contributed by atoms with Crippen LogP contribution in [0.5, 0.6) is 5.75 Å². The number of amides is 4. The van der Waals surface area contributed by atoms with E-state index in [2.05, 4.69) is 0 Å². The smallest absolute Gasteiger partial charge is 0.326 e. The van der Waals surface area contributed by atoms with Gasteiger partial charge in [-0.05, 0) is 30.7 Å². The lowest BCUT2D eigenvalue weighted by Crippen LogP contribution is -2.51. The lowest BCUT2D eigenvalue weighted by atomic mass is 10.1. The van der Waals surface area contributed by atoms with E-state index in [4.69, 9.17) is 4.74 Å². The number of piperazine rings is 1. The Balaban J connectivity index is 1.24. The second-order valence-corrected chi connectivity index (χ2v) is 8.59. The molecule has 4 amide bonds. The molecule has 0 unspecified atom stereocenters. The van der Waals surface area contributed by atoms with E-state index in [9.17, 15) is 29.1 Å². The Labute approximate surface area is 208 Å². The van der Waals surface area contributed by atoms with E-state index in [1.165, 1.54) is 12.1 Å². The van der Waals surface area contributed by atoms with Gasteiger partial charge in [-0.3, -0.25) is 24.1 Å². The third kappa shape index (κ3) is 5.37. The Hall–Kier alpha value is -4.21. The Morgan fingerprint density at radius 3 is 1.81 bits per heavy atom. The van der Waals surface area contributed by atoms with Crippen molar-refractivity contribution in [3.8, 4) is 5.75 Å². The monoisotopic (exact) mass is 493 g/mol. The molecule has 0 spiro atoms. The lowest BCUT2D eigenvalue weighted by molar-refractivity contribution is -0.143. The van der Waals surface area contributed by atoms with Crippen molar-refractivity contribution < 1.29 is 33.8 Å².